The Morgan fingerprint density at radius 1 is 1.00 bits per heavy atom. The Bertz CT molecular complexity index is 1000. The predicted octanol–water partition coefficient (Wildman–Crippen LogP) is 3.94. The van der Waals surface area contributed by atoms with E-state index in [2.05, 4.69) is 10.5 Å². The minimum atomic E-state index is -0.661. The van der Waals surface area contributed by atoms with E-state index in [9.17, 15) is 14.9 Å². The molecule has 0 aliphatic rings. The highest BCUT2D eigenvalue weighted by molar-refractivity contribution is 5.98. The van der Waals surface area contributed by atoms with Gasteiger partial charge in [0.1, 0.15) is 17.9 Å². The van der Waals surface area contributed by atoms with Crippen LogP contribution in [0.15, 0.2) is 84.0 Å². The highest BCUT2D eigenvalue weighted by atomic mass is 16.6. The number of ether oxygens (including phenoxy) is 1. The van der Waals surface area contributed by atoms with Crippen molar-refractivity contribution >= 4 is 17.8 Å². The van der Waals surface area contributed by atoms with Gasteiger partial charge < -0.3 is 4.74 Å². The number of nitro benzene ring substituents is 1. The second kappa shape index (κ2) is 9.09. The summed E-state index contributed by atoms with van der Waals surface area (Å²) in [6, 6.07) is 22.7. The Labute approximate surface area is 161 Å². The van der Waals surface area contributed by atoms with Crippen LogP contribution in [0.2, 0.25) is 0 Å². The van der Waals surface area contributed by atoms with Crippen molar-refractivity contribution in [3.05, 3.63) is 106 Å². The van der Waals surface area contributed by atoms with Crippen LogP contribution in [0.5, 0.6) is 5.75 Å². The van der Waals surface area contributed by atoms with E-state index in [1.165, 1.54) is 24.4 Å². The van der Waals surface area contributed by atoms with Gasteiger partial charge in [-0.3, -0.25) is 14.9 Å². The number of nitrogens with zero attached hydrogens (tertiary/aromatic N) is 2. The standard InChI is InChI=1S/C21H17N3O4/c25-21(18-11-5-6-12-19(18)24(26)27)23-22-14-17-10-4-7-13-20(17)28-15-16-8-2-1-3-9-16/h1-14H,15H2,(H,23,25). The topological polar surface area (TPSA) is 93.8 Å². The van der Waals surface area contributed by atoms with Crippen molar-refractivity contribution in [1.82, 2.24) is 5.43 Å². The zero-order valence-corrected chi connectivity index (χ0v) is 14.8. The van der Waals surface area contributed by atoms with Gasteiger partial charge >= 0.3 is 0 Å². The zero-order chi connectivity index (χ0) is 19.8. The number of carbonyl (C=O) groups excluding carboxylic acids is 1. The quantitative estimate of drug-likeness (QED) is 0.384. The molecular formula is C21H17N3O4. The summed E-state index contributed by atoms with van der Waals surface area (Å²) >= 11 is 0. The van der Waals surface area contributed by atoms with Crippen LogP contribution in [0.4, 0.5) is 5.69 Å². The fraction of sp³-hybridized carbons (Fsp3) is 0.0476. The summed E-state index contributed by atoms with van der Waals surface area (Å²) in [7, 11) is 0. The van der Waals surface area contributed by atoms with Crippen LogP contribution >= 0.6 is 0 Å². The lowest BCUT2D eigenvalue weighted by Crippen LogP contribution is -2.19. The summed E-state index contributed by atoms with van der Waals surface area (Å²) in [4.78, 5) is 22.6. The summed E-state index contributed by atoms with van der Waals surface area (Å²) in [5.41, 5.74) is 3.68. The van der Waals surface area contributed by atoms with E-state index in [0.717, 1.165) is 5.56 Å². The lowest BCUT2D eigenvalue weighted by molar-refractivity contribution is -0.385. The molecule has 0 radical (unpaired) electrons. The number of rotatable bonds is 7. The van der Waals surface area contributed by atoms with E-state index in [0.29, 0.717) is 17.9 Å². The van der Waals surface area contributed by atoms with Gasteiger partial charge in [-0.15, -0.1) is 0 Å². The number of hydrogen-bond donors (Lipinski definition) is 1. The first-order valence-electron chi connectivity index (χ1n) is 8.48. The maximum atomic E-state index is 12.2. The molecule has 3 rings (SSSR count). The fourth-order valence-electron chi connectivity index (χ4n) is 2.50. The summed E-state index contributed by atoms with van der Waals surface area (Å²) in [5, 5.41) is 14.9. The minimum Gasteiger partial charge on any atom is -0.488 e. The van der Waals surface area contributed by atoms with Gasteiger partial charge in [-0.05, 0) is 23.8 Å². The molecule has 0 spiro atoms. The highest BCUT2D eigenvalue weighted by Gasteiger charge is 2.18. The second-order valence-corrected chi connectivity index (χ2v) is 5.79. The third-order valence-electron chi connectivity index (χ3n) is 3.87. The molecule has 7 nitrogen and oxygen atoms in total. The molecule has 0 aromatic heterocycles. The number of benzene rings is 3. The molecule has 0 aliphatic heterocycles. The first-order valence-corrected chi connectivity index (χ1v) is 8.48. The van der Waals surface area contributed by atoms with Crippen molar-refractivity contribution in [1.29, 1.82) is 0 Å². The van der Waals surface area contributed by atoms with Crippen molar-refractivity contribution < 1.29 is 14.5 Å². The summed E-state index contributed by atoms with van der Waals surface area (Å²) in [6.45, 7) is 0.397. The van der Waals surface area contributed by atoms with Crippen LogP contribution in [0.25, 0.3) is 0 Å². The Kier molecular flexibility index (Phi) is 6.10. The van der Waals surface area contributed by atoms with Crippen molar-refractivity contribution in [3.8, 4) is 5.75 Å². The van der Waals surface area contributed by atoms with Crippen molar-refractivity contribution in [3.63, 3.8) is 0 Å². The van der Waals surface area contributed by atoms with E-state index >= 15 is 0 Å². The highest BCUT2D eigenvalue weighted by Crippen LogP contribution is 2.19. The van der Waals surface area contributed by atoms with Crippen molar-refractivity contribution in [2.45, 2.75) is 6.61 Å². The third kappa shape index (κ3) is 4.79. The smallest absolute Gasteiger partial charge is 0.282 e. The molecule has 1 amide bonds. The molecule has 0 heterocycles. The molecule has 3 aromatic carbocycles. The number of nitrogens with one attached hydrogen (secondary N) is 1. The lowest BCUT2D eigenvalue weighted by Gasteiger charge is -2.09. The molecule has 1 N–H and O–H groups in total. The Balaban J connectivity index is 1.68. The molecule has 0 bridgehead atoms. The average molecular weight is 375 g/mol. The Hall–Kier alpha value is -4.00. The van der Waals surface area contributed by atoms with Crippen LogP contribution in [0.3, 0.4) is 0 Å². The number of amides is 1. The summed E-state index contributed by atoms with van der Waals surface area (Å²) < 4.78 is 5.82. The molecule has 140 valence electrons. The van der Waals surface area contributed by atoms with Gasteiger partial charge in [-0.1, -0.05) is 54.6 Å². The van der Waals surface area contributed by atoms with Gasteiger partial charge in [0.15, 0.2) is 0 Å². The molecule has 28 heavy (non-hydrogen) atoms. The number of nitro groups is 1. The van der Waals surface area contributed by atoms with Crippen LogP contribution in [0, 0.1) is 10.1 Å². The van der Waals surface area contributed by atoms with Gasteiger partial charge in [0.25, 0.3) is 11.6 Å². The first-order chi connectivity index (χ1) is 13.6. The summed E-state index contributed by atoms with van der Waals surface area (Å²) in [5.74, 6) is -0.0544. The van der Waals surface area contributed by atoms with E-state index < -0.39 is 10.8 Å². The molecule has 0 unspecified atom stereocenters. The molecule has 7 heteroatoms. The fourth-order valence-corrected chi connectivity index (χ4v) is 2.50. The SMILES string of the molecule is O=C(NN=Cc1ccccc1OCc1ccccc1)c1ccccc1[N+](=O)[O-]. The van der Waals surface area contributed by atoms with Crippen LogP contribution in [0.1, 0.15) is 21.5 Å². The van der Waals surface area contributed by atoms with Crippen molar-refractivity contribution in [2.75, 3.05) is 0 Å². The van der Waals surface area contributed by atoms with E-state index in [4.69, 9.17) is 4.74 Å². The predicted molar refractivity (Wildman–Crippen MR) is 105 cm³/mol. The largest absolute Gasteiger partial charge is 0.488 e. The van der Waals surface area contributed by atoms with Gasteiger partial charge in [-0.2, -0.15) is 5.10 Å². The van der Waals surface area contributed by atoms with E-state index in [1.54, 1.807) is 18.2 Å². The molecule has 0 saturated carbocycles. The first kappa shape index (κ1) is 18.8. The molecular weight excluding hydrogens is 358 g/mol. The zero-order valence-electron chi connectivity index (χ0n) is 14.8. The van der Waals surface area contributed by atoms with Crippen LogP contribution < -0.4 is 10.2 Å². The molecule has 0 atom stereocenters. The van der Waals surface area contributed by atoms with Gasteiger partial charge in [0, 0.05) is 11.6 Å². The third-order valence-corrected chi connectivity index (χ3v) is 3.87. The number of hydrogen-bond acceptors (Lipinski definition) is 5. The molecule has 0 saturated heterocycles. The monoisotopic (exact) mass is 375 g/mol. The summed E-state index contributed by atoms with van der Waals surface area (Å²) in [6.07, 6.45) is 1.44. The van der Waals surface area contributed by atoms with E-state index in [1.807, 2.05) is 42.5 Å². The lowest BCUT2D eigenvalue weighted by atomic mass is 10.2. The normalized spacial score (nSPS) is 10.6. The number of para-hydroxylation sites is 2. The van der Waals surface area contributed by atoms with E-state index in [-0.39, 0.29) is 11.3 Å². The van der Waals surface area contributed by atoms with Crippen molar-refractivity contribution in [2.24, 2.45) is 5.10 Å². The Morgan fingerprint density at radius 2 is 1.68 bits per heavy atom. The second-order valence-electron chi connectivity index (χ2n) is 5.79. The molecule has 3 aromatic rings. The van der Waals surface area contributed by atoms with Gasteiger partial charge in [0.2, 0.25) is 0 Å². The average Bonchev–Trinajstić information content (AvgIpc) is 2.73. The van der Waals surface area contributed by atoms with Gasteiger partial charge in [0.05, 0.1) is 11.1 Å². The van der Waals surface area contributed by atoms with Gasteiger partial charge in [-0.25, -0.2) is 5.43 Å². The maximum absolute atomic E-state index is 12.2. The van der Waals surface area contributed by atoms with Crippen LogP contribution in [-0.2, 0) is 6.61 Å². The number of hydrazone groups is 1. The minimum absolute atomic E-state index is 0.0572. The molecule has 0 aliphatic carbocycles. The van der Waals surface area contributed by atoms with Crippen LogP contribution in [-0.4, -0.2) is 17.0 Å². The Morgan fingerprint density at radius 3 is 2.46 bits per heavy atom. The maximum Gasteiger partial charge on any atom is 0.282 e. The number of carbonyl (C=O) groups is 1. The molecule has 0 fully saturated rings.